The summed E-state index contributed by atoms with van der Waals surface area (Å²) in [5.41, 5.74) is 4.92. The number of anilines is 1. The molecule has 0 aliphatic carbocycles. The molecule has 234 valence electrons. The lowest BCUT2D eigenvalue weighted by Gasteiger charge is -2.28. The summed E-state index contributed by atoms with van der Waals surface area (Å²) < 4.78 is 7.65. The quantitative estimate of drug-likeness (QED) is 0.151. The van der Waals surface area contributed by atoms with Gasteiger partial charge in [0.2, 0.25) is 5.95 Å². The summed E-state index contributed by atoms with van der Waals surface area (Å²) in [4.78, 5) is 25.0. The van der Waals surface area contributed by atoms with E-state index in [-0.39, 0.29) is 11.8 Å². The van der Waals surface area contributed by atoms with Crippen molar-refractivity contribution in [3.63, 3.8) is 0 Å². The lowest BCUT2D eigenvalue weighted by molar-refractivity contribution is 0.0783. The van der Waals surface area contributed by atoms with Crippen LogP contribution in [-0.2, 0) is 6.54 Å². The third kappa shape index (κ3) is 7.50. The molecule has 1 aliphatic heterocycles. The van der Waals surface area contributed by atoms with E-state index >= 15 is 0 Å². The Bertz CT molecular complexity index is 1740. The fraction of sp³-hybridized carbons (Fsp3) is 0.314. The maximum Gasteiger partial charge on any atom is 0.253 e. The molecule has 5 aromatic rings. The van der Waals surface area contributed by atoms with Crippen LogP contribution < -0.4 is 4.90 Å². The second-order valence-corrected chi connectivity index (χ2v) is 12.9. The Morgan fingerprint density at radius 3 is 2.56 bits per heavy atom. The molecular weight excluding hydrogens is 629 g/mol. The van der Waals surface area contributed by atoms with E-state index in [0.717, 1.165) is 73.7 Å². The van der Waals surface area contributed by atoms with E-state index in [1.165, 1.54) is 0 Å². The Morgan fingerprint density at radius 2 is 1.78 bits per heavy atom. The summed E-state index contributed by atoms with van der Waals surface area (Å²) in [6, 6.07) is 23.1. The number of aromatic nitrogens is 2. The van der Waals surface area contributed by atoms with E-state index in [4.69, 9.17) is 44.2 Å². The maximum atomic E-state index is 13.3. The highest BCUT2D eigenvalue weighted by atomic mass is 35.5. The highest BCUT2D eigenvalue weighted by Gasteiger charge is 2.24. The predicted octanol–water partition coefficient (Wildman–Crippen LogP) is 8.10. The Hall–Kier alpha value is -3.49. The molecule has 1 aliphatic rings. The minimum Gasteiger partial charge on any atom is -0.472 e. The van der Waals surface area contributed by atoms with Gasteiger partial charge in [-0.15, -0.1) is 0 Å². The van der Waals surface area contributed by atoms with Crippen LogP contribution in [0.5, 0.6) is 0 Å². The van der Waals surface area contributed by atoms with Gasteiger partial charge in [0.25, 0.3) is 5.91 Å². The van der Waals surface area contributed by atoms with Crippen molar-refractivity contribution in [2.45, 2.75) is 25.3 Å². The molecule has 0 radical (unpaired) electrons. The molecule has 0 N–H and O–H groups in total. The third-order valence-electron chi connectivity index (χ3n) is 8.57. The van der Waals surface area contributed by atoms with Crippen LogP contribution in [0.1, 0.15) is 40.2 Å². The number of imidazole rings is 1. The van der Waals surface area contributed by atoms with Crippen LogP contribution in [-0.4, -0.2) is 71.6 Å². The Balaban J connectivity index is 1.15. The van der Waals surface area contributed by atoms with Gasteiger partial charge in [-0.3, -0.25) is 4.79 Å². The van der Waals surface area contributed by atoms with Crippen molar-refractivity contribution in [2.24, 2.45) is 0 Å². The van der Waals surface area contributed by atoms with Crippen LogP contribution in [0.4, 0.5) is 5.95 Å². The van der Waals surface area contributed by atoms with Gasteiger partial charge in [0.05, 0.1) is 40.1 Å². The zero-order chi connectivity index (χ0) is 31.3. The van der Waals surface area contributed by atoms with Crippen LogP contribution in [0, 0.1) is 0 Å². The van der Waals surface area contributed by atoms with Crippen molar-refractivity contribution >= 4 is 57.7 Å². The highest BCUT2D eigenvalue weighted by Crippen LogP contribution is 2.30. The van der Waals surface area contributed by atoms with E-state index in [0.29, 0.717) is 33.7 Å². The first-order valence-electron chi connectivity index (χ1n) is 15.3. The third-order valence-corrected chi connectivity index (χ3v) is 9.56. The minimum atomic E-state index is -0.0412. The molecular formula is C35H36Cl3N5O2. The molecule has 10 heteroatoms. The summed E-state index contributed by atoms with van der Waals surface area (Å²) in [5.74, 6) is 1.04. The molecule has 0 saturated carbocycles. The van der Waals surface area contributed by atoms with Gasteiger partial charge in [0.15, 0.2) is 0 Å². The fourth-order valence-electron chi connectivity index (χ4n) is 6.11. The molecule has 1 fully saturated rings. The summed E-state index contributed by atoms with van der Waals surface area (Å²) in [7, 11) is 1.85. The minimum absolute atomic E-state index is 0.0412. The van der Waals surface area contributed by atoms with Gasteiger partial charge in [0.1, 0.15) is 0 Å². The molecule has 2 aromatic heterocycles. The molecule has 6 rings (SSSR count). The van der Waals surface area contributed by atoms with Crippen LogP contribution in [0.3, 0.4) is 0 Å². The second kappa shape index (κ2) is 14.3. The first kappa shape index (κ1) is 31.5. The molecule has 7 nitrogen and oxygen atoms in total. The summed E-state index contributed by atoms with van der Waals surface area (Å²) in [6.45, 7) is 5.88. The van der Waals surface area contributed by atoms with Crippen molar-refractivity contribution in [2.75, 3.05) is 51.2 Å². The smallest absolute Gasteiger partial charge is 0.253 e. The topological polar surface area (TPSA) is 57.8 Å². The van der Waals surface area contributed by atoms with Gasteiger partial charge in [-0.05, 0) is 86.1 Å². The number of fused-ring (bicyclic) bond motifs is 1. The van der Waals surface area contributed by atoms with Crippen molar-refractivity contribution in [1.29, 1.82) is 0 Å². The van der Waals surface area contributed by atoms with E-state index in [1.807, 2.05) is 37.4 Å². The Labute approximate surface area is 278 Å². The number of likely N-dealkylation sites (N-methyl/N-ethyl adjacent to an activating group) is 1. The molecule has 1 amide bonds. The number of carbonyl (C=O) groups excluding carboxylic acids is 1. The van der Waals surface area contributed by atoms with Gasteiger partial charge in [-0.2, -0.15) is 0 Å². The van der Waals surface area contributed by atoms with Crippen LogP contribution in [0.15, 0.2) is 89.7 Å². The van der Waals surface area contributed by atoms with Crippen LogP contribution >= 0.6 is 34.8 Å². The summed E-state index contributed by atoms with van der Waals surface area (Å²) in [6.07, 6.45) is 5.42. The Morgan fingerprint density at radius 1 is 0.956 bits per heavy atom. The molecule has 0 spiro atoms. The first-order valence-corrected chi connectivity index (χ1v) is 16.4. The molecule has 3 heterocycles. The van der Waals surface area contributed by atoms with Crippen molar-refractivity contribution < 1.29 is 9.21 Å². The van der Waals surface area contributed by atoms with Gasteiger partial charge >= 0.3 is 0 Å². The standard InChI is InChI=1S/C35H36Cl3N5O2/c1-40(34(44)26-7-10-29(36)11-8-26)23-28(27-9-12-30(37)31(38)21-27)13-17-41-15-4-16-42(19-18-41)35-39-32-5-2-3-6-33(32)43(35)22-25-14-20-45-24-25/h2-3,5-12,14,20-21,24,28H,4,13,15-19,22-23H2,1H3. The average molecular weight is 665 g/mol. The Kier molecular flexibility index (Phi) is 10.0. The number of hydrogen-bond acceptors (Lipinski definition) is 5. The SMILES string of the molecule is CN(CC(CCN1CCCN(c2nc3ccccc3n2Cc2ccoc2)CC1)c1ccc(Cl)c(Cl)c1)C(=O)c1ccc(Cl)cc1. The van der Waals surface area contributed by atoms with E-state index in [1.54, 1.807) is 41.7 Å². The first-order chi connectivity index (χ1) is 21.9. The summed E-state index contributed by atoms with van der Waals surface area (Å²) in [5, 5.41) is 1.65. The number of furan rings is 1. The van der Waals surface area contributed by atoms with Crippen molar-refractivity contribution in [1.82, 2.24) is 19.4 Å². The molecule has 1 unspecified atom stereocenters. The van der Waals surface area contributed by atoms with Crippen LogP contribution in [0.2, 0.25) is 15.1 Å². The lowest BCUT2D eigenvalue weighted by atomic mass is 9.94. The average Bonchev–Trinajstić information content (AvgIpc) is 3.63. The normalized spacial score (nSPS) is 14.9. The zero-order valence-electron chi connectivity index (χ0n) is 25.2. The number of carbonyl (C=O) groups is 1. The van der Waals surface area contributed by atoms with E-state index in [9.17, 15) is 4.79 Å². The van der Waals surface area contributed by atoms with Crippen LogP contribution in [0.25, 0.3) is 11.0 Å². The number of para-hydroxylation sites is 2. The van der Waals surface area contributed by atoms with Gasteiger partial charge in [0, 0.05) is 55.3 Å². The van der Waals surface area contributed by atoms with Gasteiger partial charge < -0.3 is 23.7 Å². The number of nitrogens with zero attached hydrogens (tertiary/aromatic N) is 5. The fourth-order valence-corrected chi connectivity index (χ4v) is 6.55. The zero-order valence-corrected chi connectivity index (χ0v) is 27.5. The molecule has 1 saturated heterocycles. The van der Waals surface area contributed by atoms with Crippen molar-refractivity contribution in [3.05, 3.63) is 117 Å². The largest absolute Gasteiger partial charge is 0.472 e. The van der Waals surface area contributed by atoms with Gasteiger partial charge in [-0.25, -0.2) is 4.98 Å². The lowest BCUT2D eigenvalue weighted by Crippen LogP contribution is -2.35. The van der Waals surface area contributed by atoms with Gasteiger partial charge in [-0.1, -0.05) is 53.0 Å². The molecule has 45 heavy (non-hydrogen) atoms. The highest BCUT2D eigenvalue weighted by molar-refractivity contribution is 6.42. The number of hydrogen-bond donors (Lipinski definition) is 0. The second-order valence-electron chi connectivity index (χ2n) is 11.7. The number of halogens is 3. The van der Waals surface area contributed by atoms with E-state index in [2.05, 4.69) is 32.6 Å². The molecule has 0 bridgehead atoms. The van der Waals surface area contributed by atoms with E-state index < -0.39 is 0 Å². The maximum absolute atomic E-state index is 13.3. The number of rotatable bonds is 10. The number of benzene rings is 3. The molecule has 3 aromatic carbocycles. The molecule has 1 atom stereocenters. The monoisotopic (exact) mass is 663 g/mol. The number of amides is 1. The predicted molar refractivity (Wildman–Crippen MR) is 183 cm³/mol. The van der Waals surface area contributed by atoms with Crippen molar-refractivity contribution in [3.8, 4) is 0 Å². The summed E-state index contributed by atoms with van der Waals surface area (Å²) >= 11 is 18.8.